The maximum Gasteiger partial charge on any atom is 0.240 e. The average molecular weight is 282 g/mol. The van der Waals surface area contributed by atoms with E-state index in [2.05, 4.69) is 4.72 Å². The summed E-state index contributed by atoms with van der Waals surface area (Å²) in [5, 5.41) is 0. The fourth-order valence-electron chi connectivity index (χ4n) is 2.45. The van der Waals surface area contributed by atoms with E-state index in [1.807, 2.05) is 19.9 Å². The first-order chi connectivity index (χ1) is 8.90. The minimum absolute atomic E-state index is 0.0740. The third-order valence-corrected chi connectivity index (χ3v) is 5.40. The highest BCUT2D eigenvalue weighted by atomic mass is 32.2. The van der Waals surface area contributed by atoms with Crippen LogP contribution in [-0.4, -0.2) is 20.5 Å². The molecule has 19 heavy (non-hydrogen) atoms. The highest BCUT2D eigenvalue weighted by molar-refractivity contribution is 7.89. The van der Waals surface area contributed by atoms with Gasteiger partial charge in [0, 0.05) is 12.1 Å². The van der Waals surface area contributed by atoms with E-state index < -0.39 is 10.0 Å². The van der Waals surface area contributed by atoms with Crippen molar-refractivity contribution in [2.45, 2.75) is 56.5 Å². The number of hydrogen-bond acceptors (Lipinski definition) is 3. The molecule has 0 spiro atoms. The molecule has 2 rings (SSSR count). The van der Waals surface area contributed by atoms with Gasteiger partial charge in [-0.15, -0.1) is 0 Å². The molecule has 1 aliphatic carbocycles. The van der Waals surface area contributed by atoms with E-state index in [1.165, 1.54) is 0 Å². The number of benzene rings is 1. The fraction of sp³-hybridized carbons (Fsp3) is 0.571. The van der Waals surface area contributed by atoms with Gasteiger partial charge in [0.25, 0.3) is 0 Å². The van der Waals surface area contributed by atoms with Crippen LogP contribution < -0.4 is 10.5 Å². The minimum atomic E-state index is -3.46. The standard InChI is InChI=1S/C14H22N2O2S/c1-10-7-8-12(9-11(10)2)19(17,18)16-14-6-4-3-5-13(14)15/h7-9,13-14,16H,3-6,15H2,1-2H3/t13-,14-/m1/s1. The zero-order chi connectivity index (χ0) is 14.0. The SMILES string of the molecule is Cc1ccc(S(=O)(=O)N[C@@H]2CCCC[C@H]2N)cc1C. The highest BCUT2D eigenvalue weighted by Gasteiger charge is 2.27. The Kier molecular flexibility index (Phi) is 4.28. The van der Waals surface area contributed by atoms with Gasteiger partial charge in [0.15, 0.2) is 0 Å². The maximum atomic E-state index is 12.3. The third-order valence-electron chi connectivity index (χ3n) is 3.91. The summed E-state index contributed by atoms with van der Waals surface area (Å²) >= 11 is 0. The molecule has 0 aromatic heterocycles. The molecule has 0 bridgehead atoms. The van der Waals surface area contributed by atoms with Crippen molar-refractivity contribution in [3.63, 3.8) is 0 Å². The summed E-state index contributed by atoms with van der Waals surface area (Å²) in [7, 11) is -3.46. The van der Waals surface area contributed by atoms with Crippen molar-refractivity contribution in [2.75, 3.05) is 0 Å². The molecule has 0 unspecified atom stereocenters. The predicted octanol–water partition coefficient (Wildman–Crippen LogP) is 1.85. The van der Waals surface area contributed by atoms with Crippen LogP contribution in [0.4, 0.5) is 0 Å². The summed E-state index contributed by atoms with van der Waals surface area (Å²) < 4.78 is 27.4. The van der Waals surface area contributed by atoms with Crippen LogP contribution in [0.3, 0.4) is 0 Å². The first kappa shape index (κ1) is 14.5. The quantitative estimate of drug-likeness (QED) is 0.888. The molecule has 0 amide bonds. The zero-order valence-electron chi connectivity index (χ0n) is 11.5. The minimum Gasteiger partial charge on any atom is -0.326 e. The van der Waals surface area contributed by atoms with Crippen LogP contribution in [0, 0.1) is 13.8 Å². The molecule has 1 aromatic carbocycles. The summed E-state index contributed by atoms with van der Waals surface area (Å²) in [5.41, 5.74) is 8.06. The van der Waals surface area contributed by atoms with Gasteiger partial charge >= 0.3 is 0 Å². The Morgan fingerprint density at radius 3 is 2.47 bits per heavy atom. The number of nitrogens with two attached hydrogens (primary N) is 1. The van der Waals surface area contributed by atoms with E-state index in [-0.39, 0.29) is 12.1 Å². The lowest BCUT2D eigenvalue weighted by atomic mass is 9.92. The van der Waals surface area contributed by atoms with Crippen molar-refractivity contribution in [1.82, 2.24) is 4.72 Å². The third kappa shape index (κ3) is 3.35. The van der Waals surface area contributed by atoms with Crippen molar-refractivity contribution in [2.24, 2.45) is 5.73 Å². The van der Waals surface area contributed by atoms with Gasteiger partial charge in [0.2, 0.25) is 10.0 Å². The van der Waals surface area contributed by atoms with Crippen LogP contribution in [0.25, 0.3) is 0 Å². The van der Waals surface area contributed by atoms with Crippen molar-refractivity contribution < 1.29 is 8.42 Å². The van der Waals surface area contributed by atoms with Crippen LogP contribution in [0.5, 0.6) is 0 Å². The summed E-state index contributed by atoms with van der Waals surface area (Å²) in [4.78, 5) is 0.327. The lowest BCUT2D eigenvalue weighted by Gasteiger charge is -2.29. The summed E-state index contributed by atoms with van der Waals surface area (Å²) in [6.45, 7) is 3.89. The molecule has 3 N–H and O–H groups in total. The summed E-state index contributed by atoms with van der Waals surface area (Å²) in [5.74, 6) is 0. The first-order valence-electron chi connectivity index (χ1n) is 6.75. The molecule has 1 fully saturated rings. The van der Waals surface area contributed by atoms with Crippen molar-refractivity contribution in [1.29, 1.82) is 0 Å². The van der Waals surface area contributed by atoms with Crippen LogP contribution >= 0.6 is 0 Å². The Labute approximate surface area is 115 Å². The van der Waals surface area contributed by atoms with E-state index >= 15 is 0 Å². The molecule has 4 nitrogen and oxygen atoms in total. The molecule has 0 heterocycles. The van der Waals surface area contributed by atoms with Gasteiger partial charge in [0.1, 0.15) is 0 Å². The van der Waals surface area contributed by atoms with E-state index in [9.17, 15) is 8.42 Å². The van der Waals surface area contributed by atoms with Crippen LogP contribution in [0.15, 0.2) is 23.1 Å². The molecular weight excluding hydrogens is 260 g/mol. The Morgan fingerprint density at radius 1 is 1.16 bits per heavy atom. The second-order valence-corrected chi connectivity index (χ2v) is 7.14. The molecule has 1 saturated carbocycles. The van der Waals surface area contributed by atoms with Gasteiger partial charge in [-0.1, -0.05) is 18.9 Å². The Balaban J connectivity index is 2.19. The molecule has 1 aromatic rings. The second kappa shape index (κ2) is 5.61. The van der Waals surface area contributed by atoms with Gasteiger partial charge < -0.3 is 5.73 Å². The van der Waals surface area contributed by atoms with E-state index in [0.717, 1.165) is 36.8 Å². The van der Waals surface area contributed by atoms with Crippen molar-refractivity contribution >= 4 is 10.0 Å². The normalized spacial score (nSPS) is 24.4. The zero-order valence-corrected chi connectivity index (χ0v) is 12.3. The van der Waals surface area contributed by atoms with Crippen molar-refractivity contribution in [3.8, 4) is 0 Å². The average Bonchev–Trinajstić information content (AvgIpc) is 2.35. The lowest BCUT2D eigenvalue weighted by molar-refractivity contribution is 0.361. The second-order valence-electron chi connectivity index (χ2n) is 5.42. The van der Waals surface area contributed by atoms with E-state index in [1.54, 1.807) is 12.1 Å². The Hall–Kier alpha value is -0.910. The summed E-state index contributed by atoms with van der Waals surface area (Å²) in [6.07, 6.45) is 3.84. The molecule has 106 valence electrons. The molecule has 0 aliphatic heterocycles. The number of hydrogen-bond donors (Lipinski definition) is 2. The van der Waals surface area contributed by atoms with Crippen LogP contribution in [0.1, 0.15) is 36.8 Å². The number of nitrogens with one attached hydrogen (secondary N) is 1. The number of sulfonamides is 1. The molecule has 0 saturated heterocycles. The largest absolute Gasteiger partial charge is 0.326 e. The monoisotopic (exact) mass is 282 g/mol. The number of aryl methyl sites for hydroxylation is 2. The topological polar surface area (TPSA) is 72.2 Å². The van der Waals surface area contributed by atoms with Gasteiger partial charge in [-0.3, -0.25) is 0 Å². The van der Waals surface area contributed by atoms with Gasteiger partial charge in [-0.05, 0) is 49.9 Å². The van der Waals surface area contributed by atoms with Gasteiger partial charge in [-0.2, -0.15) is 0 Å². The molecule has 1 aliphatic rings. The fourth-order valence-corrected chi connectivity index (χ4v) is 3.86. The van der Waals surface area contributed by atoms with E-state index in [4.69, 9.17) is 5.73 Å². The van der Waals surface area contributed by atoms with Gasteiger partial charge in [-0.25, -0.2) is 13.1 Å². The molecular formula is C14H22N2O2S. The molecule has 2 atom stereocenters. The lowest BCUT2D eigenvalue weighted by Crippen LogP contribution is -2.49. The smallest absolute Gasteiger partial charge is 0.240 e. The van der Waals surface area contributed by atoms with Crippen molar-refractivity contribution in [3.05, 3.63) is 29.3 Å². The highest BCUT2D eigenvalue weighted by Crippen LogP contribution is 2.20. The summed E-state index contributed by atoms with van der Waals surface area (Å²) in [6, 6.07) is 4.99. The Bertz CT molecular complexity index is 555. The van der Waals surface area contributed by atoms with E-state index in [0.29, 0.717) is 4.90 Å². The maximum absolute atomic E-state index is 12.3. The first-order valence-corrected chi connectivity index (χ1v) is 8.23. The van der Waals surface area contributed by atoms with Crippen LogP contribution in [0.2, 0.25) is 0 Å². The predicted molar refractivity (Wildman–Crippen MR) is 76.5 cm³/mol. The molecule has 0 radical (unpaired) electrons. The van der Waals surface area contributed by atoms with Gasteiger partial charge in [0.05, 0.1) is 4.90 Å². The molecule has 5 heteroatoms. The number of rotatable bonds is 3. The Morgan fingerprint density at radius 2 is 1.84 bits per heavy atom. The van der Waals surface area contributed by atoms with Crippen LogP contribution in [-0.2, 0) is 10.0 Å².